The Morgan fingerprint density at radius 3 is 2.43 bits per heavy atom. The molecule has 23 heavy (non-hydrogen) atoms. The van der Waals surface area contributed by atoms with Gasteiger partial charge in [0, 0.05) is 5.56 Å². The first kappa shape index (κ1) is 15.0. The molecule has 2 aromatic rings. The van der Waals surface area contributed by atoms with Gasteiger partial charge in [-0.3, -0.25) is 4.79 Å². The summed E-state index contributed by atoms with van der Waals surface area (Å²) < 4.78 is 5.13. The molecule has 1 aliphatic rings. The van der Waals surface area contributed by atoms with Crippen molar-refractivity contribution in [1.29, 1.82) is 0 Å². The van der Waals surface area contributed by atoms with E-state index in [0.29, 0.717) is 11.5 Å². The number of amides is 1. The Balaban J connectivity index is 1.90. The zero-order valence-electron chi connectivity index (χ0n) is 13.4. The highest BCUT2D eigenvalue weighted by molar-refractivity contribution is 6.19. The molecule has 0 saturated carbocycles. The highest BCUT2D eigenvalue weighted by atomic mass is 16.5. The highest BCUT2D eigenvalue weighted by Gasteiger charge is 2.21. The first-order valence-electron chi connectivity index (χ1n) is 7.40. The molecule has 0 radical (unpaired) electrons. The van der Waals surface area contributed by atoms with E-state index < -0.39 is 0 Å². The van der Waals surface area contributed by atoms with E-state index in [4.69, 9.17) is 4.74 Å². The summed E-state index contributed by atoms with van der Waals surface area (Å²) in [4.78, 5) is 16.6. The number of carbonyl (C=O) groups excluding carboxylic acids is 1. The number of ether oxygens (including phenoxy) is 1. The minimum absolute atomic E-state index is 0.186. The van der Waals surface area contributed by atoms with Crippen LogP contribution in [0.25, 0.3) is 6.08 Å². The maximum atomic E-state index is 12.1. The van der Waals surface area contributed by atoms with Gasteiger partial charge in [-0.05, 0) is 54.8 Å². The Bertz CT molecular complexity index is 818. The Labute approximate surface area is 135 Å². The molecule has 0 bridgehead atoms. The van der Waals surface area contributed by atoms with E-state index in [0.717, 1.165) is 16.9 Å². The lowest BCUT2D eigenvalue weighted by Crippen LogP contribution is -2.24. The third-order valence-electron chi connectivity index (χ3n) is 3.90. The van der Waals surface area contributed by atoms with E-state index in [2.05, 4.69) is 17.2 Å². The standard InChI is InChI=1S/C19H18N2O2/c1-12-4-7-15(10-13(12)2)18-20-17(19(22)21-18)11-14-5-8-16(23-3)9-6-14/h4-11H,1-3H3,(H,20,21,22)/b17-11+. The van der Waals surface area contributed by atoms with Crippen LogP contribution in [0.4, 0.5) is 0 Å². The van der Waals surface area contributed by atoms with Gasteiger partial charge in [0.25, 0.3) is 5.91 Å². The zero-order valence-corrected chi connectivity index (χ0v) is 13.4. The van der Waals surface area contributed by atoms with Crippen LogP contribution in [0.5, 0.6) is 5.75 Å². The summed E-state index contributed by atoms with van der Waals surface area (Å²) in [5, 5.41) is 2.83. The number of aryl methyl sites for hydroxylation is 2. The van der Waals surface area contributed by atoms with Gasteiger partial charge in [-0.2, -0.15) is 0 Å². The second-order valence-electron chi connectivity index (χ2n) is 5.52. The molecule has 0 fully saturated rings. The fourth-order valence-electron chi connectivity index (χ4n) is 2.35. The van der Waals surface area contributed by atoms with Gasteiger partial charge in [0.15, 0.2) is 0 Å². The van der Waals surface area contributed by atoms with Gasteiger partial charge < -0.3 is 10.1 Å². The van der Waals surface area contributed by atoms with E-state index in [1.54, 1.807) is 13.2 Å². The maximum Gasteiger partial charge on any atom is 0.275 e. The summed E-state index contributed by atoms with van der Waals surface area (Å²) in [6.07, 6.45) is 1.77. The number of carbonyl (C=O) groups is 1. The Morgan fingerprint density at radius 1 is 1.04 bits per heavy atom. The number of nitrogens with one attached hydrogen (secondary N) is 1. The predicted octanol–water partition coefficient (Wildman–Crippen LogP) is 3.23. The van der Waals surface area contributed by atoms with Crippen LogP contribution in [-0.2, 0) is 4.79 Å². The van der Waals surface area contributed by atoms with Crippen LogP contribution in [-0.4, -0.2) is 18.9 Å². The largest absolute Gasteiger partial charge is 0.497 e. The molecular weight excluding hydrogens is 288 g/mol. The Kier molecular flexibility index (Phi) is 3.98. The Hall–Kier alpha value is -2.88. The maximum absolute atomic E-state index is 12.1. The van der Waals surface area contributed by atoms with Crippen molar-refractivity contribution in [3.05, 3.63) is 70.4 Å². The van der Waals surface area contributed by atoms with Crippen LogP contribution in [0.2, 0.25) is 0 Å². The van der Waals surface area contributed by atoms with Crippen LogP contribution in [0.3, 0.4) is 0 Å². The quantitative estimate of drug-likeness (QED) is 0.885. The van der Waals surface area contributed by atoms with E-state index >= 15 is 0 Å². The van der Waals surface area contributed by atoms with E-state index in [1.165, 1.54) is 11.1 Å². The highest BCUT2D eigenvalue weighted by Crippen LogP contribution is 2.18. The molecule has 0 aliphatic carbocycles. The average Bonchev–Trinajstić information content (AvgIpc) is 2.92. The number of benzene rings is 2. The predicted molar refractivity (Wildman–Crippen MR) is 91.6 cm³/mol. The van der Waals surface area contributed by atoms with Crippen molar-refractivity contribution < 1.29 is 9.53 Å². The number of hydrogen-bond acceptors (Lipinski definition) is 3. The fourth-order valence-corrected chi connectivity index (χ4v) is 2.35. The summed E-state index contributed by atoms with van der Waals surface area (Å²) in [5.41, 5.74) is 4.61. The molecule has 0 aromatic heterocycles. The number of nitrogens with zero attached hydrogens (tertiary/aromatic N) is 1. The number of rotatable bonds is 3. The van der Waals surface area contributed by atoms with Crippen molar-refractivity contribution in [3.63, 3.8) is 0 Å². The molecule has 0 spiro atoms. The minimum atomic E-state index is -0.186. The Morgan fingerprint density at radius 2 is 1.78 bits per heavy atom. The molecule has 1 amide bonds. The molecule has 2 aromatic carbocycles. The average molecular weight is 306 g/mol. The van der Waals surface area contributed by atoms with Gasteiger partial charge in [-0.1, -0.05) is 24.3 Å². The third kappa shape index (κ3) is 3.16. The SMILES string of the molecule is COc1ccc(/C=C2/N=C(c3ccc(C)c(C)c3)NC2=O)cc1. The topological polar surface area (TPSA) is 50.7 Å². The van der Waals surface area contributed by atoms with Crippen molar-refractivity contribution in [2.45, 2.75) is 13.8 Å². The molecule has 0 atom stereocenters. The lowest BCUT2D eigenvalue weighted by molar-refractivity contribution is -0.115. The van der Waals surface area contributed by atoms with E-state index in [-0.39, 0.29) is 5.91 Å². The fraction of sp³-hybridized carbons (Fsp3) is 0.158. The lowest BCUT2D eigenvalue weighted by Gasteiger charge is -2.04. The zero-order chi connectivity index (χ0) is 16.4. The number of methoxy groups -OCH3 is 1. The summed E-state index contributed by atoms with van der Waals surface area (Å²) in [7, 11) is 1.62. The molecule has 1 heterocycles. The summed E-state index contributed by atoms with van der Waals surface area (Å²) in [6, 6.07) is 13.5. The molecule has 1 N–H and O–H groups in total. The van der Waals surface area contributed by atoms with Crippen molar-refractivity contribution in [3.8, 4) is 5.75 Å². The molecule has 1 aliphatic heterocycles. The summed E-state index contributed by atoms with van der Waals surface area (Å²) in [5.74, 6) is 1.19. The molecule has 4 heteroatoms. The van der Waals surface area contributed by atoms with Crippen LogP contribution in [0.1, 0.15) is 22.3 Å². The molecule has 3 rings (SSSR count). The first-order chi connectivity index (χ1) is 11.1. The van der Waals surface area contributed by atoms with Gasteiger partial charge in [-0.25, -0.2) is 4.99 Å². The minimum Gasteiger partial charge on any atom is -0.497 e. The summed E-state index contributed by atoms with van der Waals surface area (Å²) in [6.45, 7) is 4.10. The molecule has 116 valence electrons. The van der Waals surface area contributed by atoms with Gasteiger partial charge in [-0.15, -0.1) is 0 Å². The molecule has 0 saturated heterocycles. The number of hydrogen-bond donors (Lipinski definition) is 1. The van der Waals surface area contributed by atoms with Gasteiger partial charge >= 0.3 is 0 Å². The van der Waals surface area contributed by atoms with Crippen molar-refractivity contribution in [2.75, 3.05) is 7.11 Å². The molecule has 4 nitrogen and oxygen atoms in total. The van der Waals surface area contributed by atoms with Crippen LogP contribution in [0.15, 0.2) is 53.2 Å². The van der Waals surface area contributed by atoms with Crippen molar-refractivity contribution in [1.82, 2.24) is 5.32 Å². The summed E-state index contributed by atoms with van der Waals surface area (Å²) >= 11 is 0. The van der Waals surface area contributed by atoms with Crippen molar-refractivity contribution >= 4 is 17.8 Å². The second-order valence-corrected chi connectivity index (χ2v) is 5.52. The van der Waals surface area contributed by atoms with Gasteiger partial charge in [0.1, 0.15) is 17.3 Å². The monoisotopic (exact) mass is 306 g/mol. The molecule has 0 unspecified atom stereocenters. The number of amidine groups is 1. The third-order valence-corrected chi connectivity index (χ3v) is 3.90. The van der Waals surface area contributed by atoms with Crippen molar-refractivity contribution in [2.24, 2.45) is 4.99 Å². The first-order valence-corrected chi connectivity index (χ1v) is 7.40. The van der Waals surface area contributed by atoms with Crippen LogP contribution < -0.4 is 10.1 Å². The van der Waals surface area contributed by atoms with Crippen LogP contribution in [0, 0.1) is 13.8 Å². The van der Waals surface area contributed by atoms with E-state index in [1.807, 2.05) is 49.4 Å². The second kappa shape index (κ2) is 6.08. The molecular formula is C19H18N2O2. The van der Waals surface area contributed by atoms with E-state index in [9.17, 15) is 4.79 Å². The lowest BCUT2D eigenvalue weighted by atomic mass is 10.1. The number of aliphatic imine (C=N–C) groups is 1. The van der Waals surface area contributed by atoms with Gasteiger partial charge in [0.05, 0.1) is 7.11 Å². The normalized spacial score (nSPS) is 15.5. The van der Waals surface area contributed by atoms with Crippen LogP contribution >= 0.6 is 0 Å². The van der Waals surface area contributed by atoms with Gasteiger partial charge in [0.2, 0.25) is 0 Å². The smallest absolute Gasteiger partial charge is 0.275 e.